The SMILES string of the molecule is Cc1nc(SCC(=O)N2CCc3onc(-c4ccccc4)c3C2)n[nH]1. The number of rotatable bonds is 4. The highest BCUT2D eigenvalue weighted by atomic mass is 32.2. The summed E-state index contributed by atoms with van der Waals surface area (Å²) in [6.07, 6.45) is 0.686. The van der Waals surface area contributed by atoms with Crippen LogP contribution >= 0.6 is 11.8 Å². The Hall–Kier alpha value is -2.61. The minimum Gasteiger partial charge on any atom is -0.360 e. The zero-order valence-electron chi connectivity index (χ0n) is 13.7. The summed E-state index contributed by atoms with van der Waals surface area (Å²) in [4.78, 5) is 18.6. The van der Waals surface area contributed by atoms with Crippen molar-refractivity contribution in [1.29, 1.82) is 0 Å². The molecule has 1 N–H and O–H groups in total. The van der Waals surface area contributed by atoms with Crippen molar-refractivity contribution < 1.29 is 9.32 Å². The first-order valence-electron chi connectivity index (χ1n) is 8.03. The molecule has 0 radical (unpaired) electrons. The van der Waals surface area contributed by atoms with Gasteiger partial charge in [-0.3, -0.25) is 9.89 Å². The molecule has 0 atom stereocenters. The van der Waals surface area contributed by atoms with Crippen LogP contribution < -0.4 is 0 Å². The lowest BCUT2D eigenvalue weighted by Crippen LogP contribution is -2.36. The third-order valence-electron chi connectivity index (χ3n) is 4.13. The van der Waals surface area contributed by atoms with Crippen LogP contribution in [-0.4, -0.2) is 43.4 Å². The van der Waals surface area contributed by atoms with E-state index in [4.69, 9.17) is 4.52 Å². The molecule has 0 spiro atoms. The van der Waals surface area contributed by atoms with Gasteiger partial charge in [-0.05, 0) is 6.92 Å². The highest BCUT2D eigenvalue weighted by molar-refractivity contribution is 7.99. The first kappa shape index (κ1) is 15.9. The van der Waals surface area contributed by atoms with Gasteiger partial charge in [0, 0.05) is 24.1 Å². The molecule has 3 heterocycles. The average molecular weight is 355 g/mol. The van der Waals surface area contributed by atoms with E-state index in [1.165, 1.54) is 11.8 Å². The zero-order chi connectivity index (χ0) is 17.2. The second-order valence-electron chi connectivity index (χ2n) is 5.86. The van der Waals surface area contributed by atoms with Crippen LogP contribution in [0.3, 0.4) is 0 Å². The second kappa shape index (κ2) is 6.72. The summed E-state index contributed by atoms with van der Waals surface area (Å²) in [5.74, 6) is 2.01. The first-order chi connectivity index (χ1) is 12.2. The van der Waals surface area contributed by atoms with Crippen LogP contribution in [-0.2, 0) is 17.8 Å². The number of nitrogens with one attached hydrogen (secondary N) is 1. The van der Waals surface area contributed by atoms with Crippen molar-refractivity contribution in [2.24, 2.45) is 0 Å². The number of H-pyrrole nitrogens is 1. The molecular weight excluding hydrogens is 338 g/mol. The summed E-state index contributed by atoms with van der Waals surface area (Å²) in [6.45, 7) is 3.00. The van der Waals surface area contributed by atoms with Crippen LogP contribution in [0.4, 0.5) is 0 Å². The number of hydrogen-bond acceptors (Lipinski definition) is 6. The smallest absolute Gasteiger partial charge is 0.233 e. The molecule has 4 rings (SSSR count). The van der Waals surface area contributed by atoms with Crippen LogP contribution in [0.5, 0.6) is 0 Å². The van der Waals surface area contributed by atoms with Crippen LogP contribution in [0.1, 0.15) is 17.1 Å². The van der Waals surface area contributed by atoms with Crippen LogP contribution in [0.15, 0.2) is 40.0 Å². The van der Waals surface area contributed by atoms with E-state index in [1.54, 1.807) is 0 Å². The molecule has 2 aromatic heterocycles. The van der Waals surface area contributed by atoms with Gasteiger partial charge in [0.05, 0.1) is 12.3 Å². The second-order valence-corrected chi connectivity index (χ2v) is 6.80. The van der Waals surface area contributed by atoms with Gasteiger partial charge in [0.15, 0.2) is 0 Å². The average Bonchev–Trinajstić information content (AvgIpc) is 3.26. The monoisotopic (exact) mass is 355 g/mol. The van der Waals surface area contributed by atoms with Crippen molar-refractivity contribution in [2.45, 2.75) is 25.0 Å². The van der Waals surface area contributed by atoms with Crippen LogP contribution in [0.25, 0.3) is 11.3 Å². The van der Waals surface area contributed by atoms with Gasteiger partial charge in [0.25, 0.3) is 0 Å². The predicted octanol–water partition coefficient (Wildman–Crippen LogP) is 2.45. The summed E-state index contributed by atoms with van der Waals surface area (Å²) in [6, 6.07) is 9.91. The first-order valence-corrected chi connectivity index (χ1v) is 9.01. The zero-order valence-corrected chi connectivity index (χ0v) is 14.5. The standard InChI is InChI=1S/C17H17N5O2S/c1-11-18-17(20-19-11)25-10-15(23)22-8-7-14-13(9-22)16(21-24-14)12-5-3-2-4-6-12/h2-6H,7-10H2,1H3,(H,18,19,20). The van der Waals surface area contributed by atoms with E-state index in [1.807, 2.05) is 42.2 Å². The van der Waals surface area contributed by atoms with E-state index in [-0.39, 0.29) is 5.91 Å². The maximum Gasteiger partial charge on any atom is 0.233 e. The van der Waals surface area contributed by atoms with Gasteiger partial charge in [-0.25, -0.2) is 4.98 Å². The summed E-state index contributed by atoms with van der Waals surface area (Å²) in [5.41, 5.74) is 2.84. The summed E-state index contributed by atoms with van der Waals surface area (Å²) < 4.78 is 5.48. The van der Waals surface area contributed by atoms with Crippen molar-refractivity contribution in [1.82, 2.24) is 25.2 Å². The number of carbonyl (C=O) groups is 1. The summed E-state index contributed by atoms with van der Waals surface area (Å²) in [7, 11) is 0. The predicted molar refractivity (Wildman–Crippen MR) is 92.9 cm³/mol. The molecule has 0 unspecified atom stereocenters. The lowest BCUT2D eigenvalue weighted by Gasteiger charge is -2.26. The fourth-order valence-electron chi connectivity index (χ4n) is 2.85. The minimum atomic E-state index is 0.0679. The Morgan fingerprint density at radius 2 is 2.20 bits per heavy atom. The van der Waals surface area contributed by atoms with Crippen molar-refractivity contribution in [3.8, 4) is 11.3 Å². The summed E-state index contributed by atoms with van der Waals surface area (Å²) >= 11 is 1.34. The van der Waals surface area contributed by atoms with E-state index in [0.717, 1.165) is 28.4 Å². The van der Waals surface area contributed by atoms with E-state index in [0.29, 0.717) is 30.4 Å². The molecule has 8 heteroatoms. The number of carbonyl (C=O) groups excluding carboxylic acids is 1. The van der Waals surface area contributed by atoms with Gasteiger partial charge in [0.1, 0.15) is 17.3 Å². The molecule has 1 aliphatic rings. The van der Waals surface area contributed by atoms with Crippen LogP contribution in [0.2, 0.25) is 0 Å². The molecule has 1 aromatic carbocycles. The molecule has 0 saturated carbocycles. The Labute approximate surface area is 148 Å². The van der Waals surface area contributed by atoms with Gasteiger partial charge in [-0.2, -0.15) is 0 Å². The maximum atomic E-state index is 12.5. The fraction of sp³-hybridized carbons (Fsp3) is 0.294. The normalized spacial score (nSPS) is 13.7. The number of fused-ring (bicyclic) bond motifs is 1. The van der Waals surface area contributed by atoms with Gasteiger partial charge in [-0.1, -0.05) is 47.3 Å². The van der Waals surface area contributed by atoms with Gasteiger partial charge in [-0.15, -0.1) is 5.10 Å². The van der Waals surface area contributed by atoms with E-state index >= 15 is 0 Å². The number of hydrogen-bond donors (Lipinski definition) is 1. The Morgan fingerprint density at radius 1 is 1.36 bits per heavy atom. The van der Waals surface area contributed by atoms with Crippen molar-refractivity contribution in [3.05, 3.63) is 47.5 Å². The Morgan fingerprint density at radius 3 is 2.96 bits per heavy atom. The third kappa shape index (κ3) is 3.30. The molecule has 0 aliphatic carbocycles. The van der Waals surface area contributed by atoms with Gasteiger partial charge < -0.3 is 9.42 Å². The maximum absolute atomic E-state index is 12.5. The Bertz CT molecular complexity index is 890. The van der Waals surface area contributed by atoms with E-state index in [9.17, 15) is 4.79 Å². The molecule has 1 amide bonds. The number of aromatic nitrogens is 4. The highest BCUT2D eigenvalue weighted by Crippen LogP contribution is 2.30. The quantitative estimate of drug-likeness (QED) is 0.723. The number of benzene rings is 1. The molecule has 3 aromatic rings. The summed E-state index contributed by atoms with van der Waals surface area (Å²) in [5, 5.41) is 11.6. The van der Waals surface area contributed by atoms with Crippen molar-refractivity contribution in [3.63, 3.8) is 0 Å². The molecule has 25 heavy (non-hydrogen) atoms. The van der Waals surface area contributed by atoms with Crippen molar-refractivity contribution >= 4 is 17.7 Å². The van der Waals surface area contributed by atoms with E-state index < -0.39 is 0 Å². The number of nitrogens with zero attached hydrogens (tertiary/aromatic N) is 4. The number of aromatic amines is 1. The Balaban J connectivity index is 1.47. The molecular formula is C17H17N5O2S. The number of thioether (sulfide) groups is 1. The Kier molecular flexibility index (Phi) is 4.27. The lowest BCUT2D eigenvalue weighted by molar-refractivity contribution is -0.129. The number of aryl methyl sites for hydroxylation is 1. The largest absolute Gasteiger partial charge is 0.360 e. The topological polar surface area (TPSA) is 87.9 Å². The molecule has 0 bridgehead atoms. The molecule has 7 nitrogen and oxygen atoms in total. The third-order valence-corrected chi connectivity index (χ3v) is 4.96. The number of amides is 1. The van der Waals surface area contributed by atoms with E-state index in [2.05, 4.69) is 20.3 Å². The highest BCUT2D eigenvalue weighted by Gasteiger charge is 2.27. The fourth-order valence-corrected chi connectivity index (χ4v) is 3.60. The minimum absolute atomic E-state index is 0.0679. The molecule has 0 saturated heterocycles. The van der Waals surface area contributed by atoms with Gasteiger partial charge >= 0.3 is 0 Å². The molecule has 0 fully saturated rings. The molecule has 128 valence electrons. The lowest BCUT2D eigenvalue weighted by atomic mass is 10.0. The molecule has 1 aliphatic heterocycles. The van der Waals surface area contributed by atoms with Crippen molar-refractivity contribution in [2.75, 3.05) is 12.3 Å². The van der Waals surface area contributed by atoms with Crippen LogP contribution in [0, 0.1) is 6.92 Å². The van der Waals surface area contributed by atoms with Gasteiger partial charge in [0.2, 0.25) is 11.1 Å².